The molecule has 1 unspecified atom stereocenters. The maximum Gasteiger partial charge on any atom is 0.255 e. The Morgan fingerprint density at radius 1 is 1.17 bits per heavy atom. The van der Waals surface area contributed by atoms with Crippen LogP contribution in [0.5, 0.6) is 0 Å². The standard InChI is InChI=1S/C18H22N2O3/c1-20(18(22)16-9-5-6-10-17(16)19)11-15(21)13-23-12-14-7-3-2-4-8-14/h2-10,15,21H,11-13,19H2,1H3. The number of nitrogens with zero attached hydrogens (tertiary/aromatic N) is 1. The first kappa shape index (κ1) is 17.0. The van der Waals surface area contributed by atoms with Crippen molar-refractivity contribution in [2.24, 2.45) is 0 Å². The third kappa shape index (κ3) is 5.09. The van der Waals surface area contributed by atoms with Crippen LogP contribution in [0.25, 0.3) is 0 Å². The number of aliphatic hydroxyl groups excluding tert-OH is 1. The van der Waals surface area contributed by atoms with Gasteiger partial charge in [-0.2, -0.15) is 0 Å². The number of nitrogen functional groups attached to an aromatic ring is 1. The zero-order valence-electron chi connectivity index (χ0n) is 13.2. The van der Waals surface area contributed by atoms with Gasteiger partial charge in [0.1, 0.15) is 0 Å². The molecule has 2 aromatic carbocycles. The lowest BCUT2D eigenvalue weighted by Crippen LogP contribution is -2.36. The van der Waals surface area contributed by atoms with Crippen molar-refractivity contribution in [3.05, 3.63) is 65.7 Å². The lowest BCUT2D eigenvalue weighted by atomic mass is 10.1. The summed E-state index contributed by atoms with van der Waals surface area (Å²) in [5.74, 6) is -0.217. The van der Waals surface area contributed by atoms with Gasteiger partial charge in [-0.05, 0) is 17.7 Å². The van der Waals surface area contributed by atoms with Gasteiger partial charge in [-0.25, -0.2) is 0 Å². The molecule has 0 aliphatic heterocycles. The smallest absolute Gasteiger partial charge is 0.255 e. The van der Waals surface area contributed by atoms with E-state index in [9.17, 15) is 9.90 Å². The van der Waals surface area contributed by atoms with Gasteiger partial charge in [0.2, 0.25) is 0 Å². The van der Waals surface area contributed by atoms with Gasteiger partial charge in [0, 0.05) is 19.3 Å². The third-order valence-corrected chi connectivity index (χ3v) is 3.44. The Balaban J connectivity index is 1.79. The highest BCUT2D eigenvalue weighted by atomic mass is 16.5. The van der Waals surface area contributed by atoms with Crippen molar-refractivity contribution in [2.75, 3.05) is 25.9 Å². The number of likely N-dealkylation sites (N-methyl/N-ethyl adjacent to an activating group) is 1. The zero-order valence-corrected chi connectivity index (χ0v) is 13.2. The minimum atomic E-state index is -0.752. The molecule has 1 amide bonds. The Hall–Kier alpha value is -2.37. The summed E-state index contributed by atoms with van der Waals surface area (Å²) in [4.78, 5) is 13.7. The van der Waals surface area contributed by atoms with Gasteiger partial charge >= 0.3 is 0 Å². The van der Waals surface area contributed by atoms with Crippen molar-refractivity contribution in [3.63, 3.8) is 0 Å². The second kappa shape index (κ2) is 8.31. The molecule has 0 radical (unpaired) electrons. The van der Waals surface area contributed by atoms with E-state index in [0.29, 0.717) is 17.9 Å². The molecule has 0 saturated carbocycles. The number of benzene rings is 2. The van der Waals surface area contributed by atoms with Crippen molar-refractivity contribution >= 4 is 11.6 Å². The summed E-state index contributed by atoms with van der Waals surface area (Å²) >= 11 is 0. The van der Waals surface area contributed by atoms with Crippen LogP contribution in [0.1, 0.15) is 15.9 Å². The molecule has 2 aromatic rings. The molecule has 1 atom stereocenters. The van der Waals surface area contributed by atoms with Gasteiger partial charge < -0.3 is 20.5 Å². The molecular weight excluding hydrogens is 292 g/mol. The van der Waals surface area contributed by atoms with Crippen molar-refractivity contribution in [2.45, 2.75) is 12.7 Å². The number of hydrogen-bond donors (Lipinski definition) is 2. The highest BCUT2D eigenvalue weighted by Crippen LogP contribution is 2.13. The average molecular weight is 314 g/mol. The molecule has 23 heavy (non-hydrogen) atoms. The van der Waals surface area contributed by atoms with Crippen LogP contribution in [0.3, 0.4) is 0 Å². The van der Waals surface area contributed by atoms with E-state index in [1.807, 2.05) is 30.3 Å². The largest absolute Gasteiger partial charge is 0.398 e. The Morgan fingerprint density at radius 3 is 2.52 bits per heavy atom. The molecule has 0 saturated heterocycles. The summed E-state index contributed by atoms with van der Waals surface area (Å²) in [6.07, 6.45) is -0.752. The number of ether oxygens (including phenoxy) is 1. The molecule has 0 spiro atoms. The SMILES string of the molecule is CN(CC(O)COCc1ccccc1)C(=O)c1ccccc1N. The van der Waals surface area contributed by atoms with Crippen LogP contribution in [0, 0.1) is 0 Å². The predicted octanol–water partition coefficient (Wildman–Crippen LogP) is 1.92. The topological polar surface area (TPSA) is 75.8 Å². The molecule has 0 aromatic heterocycles. The normalized spacial score (nSPS) is 11.9. The number of carbonyl (C=O) groups excluding carboxylic acids is 1. The molecule has 5 nitrogen and oxygen atoms in total. The Bertz CT molecular complexity index is 631. The summed E-state index contributed by atoms with van der Waals surface area (Å²) in [5, 5.41) is 10.0. The maximum absolute atomic E-state index is 12.3. The second-order valence-electron chi connectivity index (χ2n) is 5.43. The minimum Gasteiger partial charge on any atom is -0.398 e. The van der Waals surface area contributed by atoms with E-state index in [2.05, 4.69) is 0 Å². The van der Waals surface area contributed by atoms with Crippen molar-refractivity contribution < 1.29 is 14.6 Å². The molecule has 3 N–H and O–H groups in total. The molecule has 2 rings (SSSR count). The lowest BCUT2D eigenvalue weighted by molar-refractivity contribution is 0.0137. The molecule has 0 aliphatic carbocycles. The van der Waals surface area contributed by atoms with Crippen LogP contribution in [0.2, 0.25) is 0 Å². The van der Waals surface area contributed by atoms with Crippen LogP contribution in [0.15, 0.2) is 54.6 Å². The van der Waals surface area contributed by atoms with Gasteiger partial charge in [-0.3, -0.25) is 4.79 Å². The number of anilines is 1. The first-order valence-electron chi connectivity index (χ1n) is 7.47. The Morgan fingerprint density at radius 2 is 1.83 bits per heavy atom. The fraction of sp³-hybridized carbons (Fsp3) is 0.278. The summed E-state index contributed by atoms with van der Waals surface area (Å²) in [6.45, 7) is 0.778. The van der Waals surface area contributed by atoms with E-state index in [-0.39, 0.29) is 19.1 Å². The first-order valence-corrected chi connectivity index (χ1v) is 7.47. The van der Waals surface area contributed by atoms with E-state index in [1.165, 1.54) is 4.90 Å². The molecule has 0 heterocycles. The van der Waals surface area contributed by atoms with Crippen molar-refractivity contribution in [1.29, 1.82) is 0 Å². The maximum atomic E-state index is 12.3. The highest BCUT2D eigenvalue weighted by molar-refractivity contribution is 5.98. The van der Waals surface area contributed by atoms with Crippen molar-refractivity contribution in [1.82, 2.24) is 4.90 Å². The Kier molecular flexibility index (Phi) is 6.14. The molecule has 0 aliphatic rings. The summed E-state index contributed by atoms with van der Waals surface area (Å²) in [5.41, 5.74) is 7.71. The first-order chi connectivity index (χ1) is 11.1. The number of amides is 1. The van der Waals surface area contributed by atoms with Crippen LogP contribution in [0.4, 0.5) is 5.69 Å². The third-order valence-electron chi connectivity index (χ3n) is 3.44. The van der Waals surface area contributed by atoms with Gasteiger partial charge in [0.25, 0.3) is 5.91 Å². The number of rotatable bonds is 7. The molecule has 0 bridgehead atoms. The van der Waals surface area contributed by atoms with E-state index >= 15 is 0 Å². The number of nitrogens with two attached hydrogens (primary N) is 1. The zero-order chi connectivity index (χ0) is 16.7. The van der Waals surface area contributed by atoms with Crippen LogP contribution >= 0.6 is 0 Å². The predicted molar refractivity (Wildman–Crippen MR) is 89.9 cm³/mol. The molecular formula is C18H22N2O3. The quantitative estimate of drug-likeness (QED) is 0.766. The van der Waals surface area contributed by atoms with Gasteiger partial charge in [-0.15, -0.1) is 0 Å². The van der Waals surface area contributed by atoms with Crippen LogP contribution < -0.4 is 5.73 Å². The van der Waals surface area contributed by atoms with E-state index in [0.717, 1.165) is 5.56 Å². The van der Waals surface area contributed by atoms with Crippen LogP contribution in [-0.2, 0) is 11.3 Å². The van der Waals surface area contributed by atoms with E-state index in [4.69, 9.17) is 10.5 Å². The number of hydrogen-bond acceptors (Lipinski definition) is 4. The average Bonchev–Trinajstić information content (AvgIpc) is 2.55. The minimum absolute atomic E-state index is 0.163. The van der Waals surface area contributed by atoms with E-state index < -0.39 is 6.10 Å². The van der Waals surface area contributed by atoms with Gasteiger partial charge in [0.15, 0.2) is 0 Å². The molecule has 0 fully saturated rings. The fourth-order valence-corrected chi connectivity index (χ4v) is 2.24. The summed E-state index contributed by atoms with van der Waals surface area (Å²) in [6, 6.07) is 16.6. The highest BCUT2D eigenvalue weighted by Gasteiger charge is 2.17. The van der Waals surface area contributed by atoms with Crippen LogP contribution in [-0.4, -0.2) is 42.2 Å². The second-order valence-corrected chi connectivity index (χ2v) is 5.43. The summed E-state index contributed by atoms with van der Waals surface area (Å²) < 4.78 is 5.48. The summed E-state index contributed by atoms with van der Waals surface area (Å²) in [7, 11) is 1.63. The van der Waals surface area contributed by atoms with Gasteiger partial charge in [-0.1, -0.05) is 42.5 Å². The lowest BCUT2D eigenvalue weighted by Gasteiger charge is -2.21. The number of aliphatic hydroxyl groups is 1. The van der Waals surface area contributed by atoms with Gasteiger partial charge in [0.05, 0.1) is 24.9 Å². The van der Waals surface area contributed by atoms with E-state index in [1.54, 1.807) is 31.3 Å². The Labute approximate surface area is 136 Å². The number of para-hydroxylation sites is 1. The van der Waals surface area contributed by atoms with Crippen molar-refractivity contribution in [3.8, 4) is 0 Å². The monoisotopic (exact) mass is 314 g/mol. The molecule has 122 valence electrons. The fourth-order valence-electron chi connectivity index (χ4n) is 2.24. The molecule has 5 heteroatoms. The number of carbonyl (C=O) groups is 1.